The van der Waals surface area contributed by atoms with Gasteiger partial charge in [-0.3, -0.25) is 4.57 Å². The summed E-state index contributed by atoms with van der Waals surface area (Å²) in [5, 5.41) is 9.19. The third kappa shape index (κ3) is 5.45. The highest BCUT2D eigenvalue weighted by Crippen LogP contribution is 2.39. The van der Waals surface area contributed by atoms with Crippen LogP contribution in [0.5, 0.6) is 0 Å². The predicted octanol–water partition coefficient (Wildman–Crippen LogP) is 5.60. The molecule has 6 nitrogen and oxygen atoms in total. The smallest absolute Gasteiger partial charge is 0.399 e. The minimum atomic E-state index is -4.66. The Morgan fingerprint density at radius 3 is 2.55 bits per heavy atom. The minimum absolute atomic E-state index is 0.0139. The molecule has 11 heteroatoms. The highest BCUT2D eigenvalue weighted by molar-refractivity contribution is 9.10. The number of carboxylic acid groups (broad SMARTS) is 1. The number of rotatable bonds is 5. The maximum absolute atomic E-state index is 14.0. The highest BCUT2D eigenvalue weighted by atomic mass is 79.9. The third-order valence-corrected chi connectivity index (χ3v) is 5.91. The molecule has 0 aliphatic rings. The van der Waals surface area contributed by atoms with Crippen molar-refractivity contribution in [2.24, 2.45) is 0 Å². The molecule has 0 aliphatic carbocycles. The third-order valence-electron chi connectivity index (χ3n) is 4.76. The number of anilines is 1. The van der Waals surface area contributed by atoms with E-state index in [0.29, 0.717) is 11.1 Å². The first-order valence-corrected chi connectivity index (χ1v) is 10.5. The van der Waals surface area contributed by atoms with E-state index in [-0.39, 0.29) is 32.1 Å². The van der Waals surface area contributed by atoms with E-state index in [1.54, 1.807) is 0 Å². The summed E-state index contributed by atoms with van der Waals surface area (Å²) in [6.45, 7) is 1.53. The Bertz CT molecular complexity index is 1320. The molecule has 3 rings (SSSR count). The summed E-state index contributed by atoms with van der Waals surface area (Å²) in [6.07, 6.45) is -1.17. The Labute approximate surface area is 199 Å². The molecule has 0 bridgehead atoms. The highest BCUT2D eigenvalue weighted by Gasteiger charge is 2.39. The van der Waals surface area contributed by atoms with E-state index < -0.39 is 23.8 Å². The summed E-state index contributed by atoms with van der Waals surface area (Å²) in [4.78, 5) is 26.9. The van der Waals surface area contributed by atoms with Crippen LogP contribution in [0.2, 0.25) is 5.02 Å². The van der Waals surface area contributed by atoms with Crippen LogP contribution in [0.1, 0.15) is 33.0 Å². The number of nitrogen functional groups attached to an aromatic ring is 1. The van der Waals surface area contributed by atoms with E-state index in [2.05, 4.69) is 20.9 Å². The lowest BCUT2D eigenvalue weighted by Crippen LogP contribution is -2.23. The molecule has 0 amide bonds. The van der Waals surface area contributed by atoms with Crippen molar-refractivity contribution >= 4 is 45.4 Å². The van der Waals surface area contributed by atoms with E-state index in [9.17, 15) is 22.8 Å². The molecule has 0 saturated heterocycles. The van der Waals surface area contributed by atoms with Gasteiger partial charge in [0.25, 0.3) is 0 Å². The molecule has 1 unspecified atom stereocenters. The Balaban J connectivity index is 2.09. The SMILES string of the molecule is Cc1cc(C(/C=C\c2ccc(C(=O)O)c(Br)c2)C(F)(F)F)cc(-n2ccc(N)nc2=O)c1Cl. The Kier molecular flexibility index (Phi) is 6.99. The first kappa shape index (κ1) is 24.5. The van der Waals surface area contributed by atoms with Crippen molar-refractivity contribution in [2.45, 2.75) is 19.0 Å². The normalized spacial score (nSPS) is 12.8. The number of aromatic carboxylic acids is 1. The van der Waals surface area contributed by atoms with Crippen LogP contribution in [0.25, 0.3) is 11.8 Å². The molecule has 0 aliphatic heterocycles. The van der Waals surface area contributed by atoms with Gasteiger partial charge in [0.15, 0.2) is 0 Å². The van der Waals surface area contributed by atoms with E-state index in [4.69, 9.17) is 22.4 Å². The van der Waals surface area contributed by atoms with Crippen LogP contribution in [0, 0.1) is 6.92 Å². The van der Waals surface area contributed by atoms with Gasteiger partial charge in [0, 0.05) is 10.7 Å². The van der Waals surface area contributed by atoms with E-state index in [0.717, 1.165) is 10.6 Å². The van der Waals surface area contributed by atoms with Crippen LogP contribution in [-0.2, 0) is 0 Å². The number of hydrogen-bond acceptors (Lipinski definition) is 4. The Hall–Kier alpha value is -3.11. The average Bonchev–Trinajstić information content (AvgIpc) is 2.69. The van der Waals surface area contributed by atoms with Crippen molar-refractivity contribution in [3.63, 3.8) is 0 Å². The van der Waals surface area contributed by atoms with Crippen molar-refractivity contribution in [1.29, 1.82) is 0 Å². The fraction of sp³-hybridized carbons (Fsp3) is 0.136. The summed E-state index contributed by atoms with van der Waals surface area (Å²) < 4.78 is 43.2. The molecule has 33 heavy (non-hydrogen) atoms. The summed E-state index contributed by atoms with van der Waals surface area (Å²) in [5.41, 5.74) is 5.30. The quantitative estimate of drug-likeness (QED) is 0.438. The summed E-state index contributed by atoms with van der Waals surface area (Å²) in [7, 11) is 0. The molecule has 3 aromatic rings. The number of allylic oxidation sites excluding steroid dienone is 1. The zero-order valence-corrected chi connectivity index (χ0v) is 19.2. The fourth-order valence-corrected chi connectivity index (χ4v) is 3.92. The first-order chi connectivity index (χ1) is 15.4. The predicted molar refractivity (Wildman–Crippen MR) is 123 cm³/mol. The number of benzene rings is 2. The fourth-order valence-electron chi connectivity index (χ4n) is 3.16. The van der Waals surface area contributed by atoms with Crippen LogP contribution >= 0.6 is 27.5 Å². The van der Waals surface area contributed by atoms with Crippen LogP contribution < -0.4 is 11.4 Å². The van der Waals surface area contributed by atoms with Gasteiger partial charge in [0.05, 0.1) is 22.2 Å². The summed E-state index contributed by atoms with van der Waals surface area (Å²) in [5.74, 6) is -3.22. The lowest BCUT2D eigenvalue weighted by Gasteiger charge is -2.20. The van der Waals surface area contributed by atoms with Gasteiger partial charge in [0.2, 0.25) is 0 Å². The maximum atomic E-state index is 14.0. The van der Waals surface area contributed by atoms with E-state index in [1.165, 1.54) is 55.6 Å². The maximum Gasteiger partial charge on any atom is 0.399 e. The number of nitrogens with two attached hydrogens (primary N) is 1. The van der Waals surface area contributed by atoms with Crippen LogP contribution in [0.4, 0.5) is 19.0 Å². The summed E-state index contributed by atoms with van der Waals surface area (Å²) in [6, 6.07) is 7.91. The van der Waals surface area contributed by atoms with Crippen LogP contribution in [-0.4, -0.2) is 26.8 Å². The molecular weight excluding hydrogens is 527 g/mol. The van der Waals surface area contributed by atoms with Gasteiger partial charge in [-0.25, -0.2) is 9.59 Å². The van der Waals surface area contributed by atoms with Gasteiger partial charge in [-0.15, -0.1) is 0 Å². The van der Waals surface area contributed by atoms with Gasteiger partial charge in [-0.05, 0) is 63.8 Å². The van der Waals surface area contributed by atoms with Crippen molar-refractivity contribution in [3.05, 3.63) is 90.9 Å². The second-order valence-corrected chi connectivity index (χ2v) is 8.33. The zero-order chi connectivity index (χ0) is 24.5. The minimum Gasteiger partial charge on any atom is -0.478 e. The van der Waals surface area contributed by atoms with Crippen molar-refractivity contribution in [2.75, 3.05) is 5.73 Å². The Morgan fingerprint density at radius 2 is 1.97 bits per heavy atom. The number of aryl methyl sites for hydroxylation is 1. The molecule has 0 radical (unpaired) electrons. The molecular formula is C22H16BrClF3N3O3. The van der Waals surface area contributed by atoms with Gasteiger partial charge >= 0.3 is 17.8 Å². The van der Waals surface area contributed by atoms with Gasteiger partial charge in [-0.2, -0.15) is 18.2 Å². The zero-order valence-electron chi connectivity index (χ0n) is 16.9. The van der Waals surface area contributed by atoms with Gasteiger partial charge < -0.3 is 10.8 Å². The first-order valence-electron chi connectivity index (χ1n) is 9.32. The number of nitrogens with zero attached hydrogens (tertiary/aromatic N) is 2. The van der Waals surface area contributed by atoms with Gasteiger partial charge in [-0.1, -0.05) is 35.9 Å². The van der Waals surface area contributed by atoms with Crippen molar-refractivity contribution in [1.82, 2.24) is 9.55 Å². The molecule has 1 heterocycles. The second kappa shape index (κ2) is 9.40. The molecule has 0 saturated carbocycles. The topological polar surface area (TPSA) is 98.2 Å². The van der Waals surface area contributed by atoms with Crippen molar-refractivity contribution < 1.29 is 23.1 Å². The molecule has 0 spiro atoms. The number of hydrogen-bond donors (Lipinski definition) is 2. The van der Waals surface area contributed by atoms with Crippen molar-refractivity contribution in [3.8, 4) is 5.69 Å². The largest absolute Gasteiger partial charge is 0.478 e. The molecule has 0 fully saturated rings. The standard InChI is InChI=1S/C22H16BrClF3N3O3/c1-11-8-13(10-17(19(11)24)30-7-6-18(28)29-21(30)33)15(22(25,26)27)5-3-12-2-4-14(20(31)32)16(23)9-12/h2-10,15H,1H3,(H,31,32)(H2,28,29,33)/b5-3-. The van der Waals surface area contributed by atoms with Crippen LogP contribution in [0.15, 0.2) is 57.9 Å². The van der Waals surface area contributed by atoms with Gasteiger partial charge in [0.1, 0.15) is 5.82 Å². The number of halogens is 5. The lowest BCUT2D eigenvalue weighted by atomic mass is 9.94. The molecule has 2 aromatic carbocycles. The van der Waals surface area contributed by atoms with E-state index in [1.807, 2.05) is 0 Å². The lowest BCUT2D eigenvalue weighted by molar-refractivity contribution is -0.139. The molecule has 172 valence electrons. The second-order valence-electron chi connectivity index (χ2n) is 7.10. The number of aromatic nitrogens is 2. The Morgan fingerprint density at radius 1 is 1.27 bits per heavy atom. The summed E-state index contributed by atoms with van der Waals surface area (Å²) >= 11 is 9.40. The number of carbonyl (C=O) groups is 1. The monoisotopic (exact) mass is 541 g/mol. The molecule has 3 N–H and O–H groups in total. The van der Waals surface area contributed by atoms with E-state index >= 15 is 0 Å². The average molecular weight is 543 g/mol. The molecule has 1 aromatic heterocycles. The number of alkyl halides is 3. The number of carboxylic acids is 1. The van der Waals surface area contributed by atoms with Crippen LogP contribution in [0.3, 0.4) is 0 Å². The molecule has 1 atom stereocenters.